The number of rotatable bonds is 6. The first-order chi connectivity index (χ1) is 10.4. The zero-order chi connectivity index (χ0) is 16.3. The number of hydrogen-bond donors (Lipinski definition) is 3. The number of aromatic nitrogens is 1. The summed E-state index contributed by atoms with van der Waals surface area (Å²) in [7, 11) is 1.58. The van der Waals surface area contributed by atoms with Crippen LogP contribution in [0, 0.1) is 5.92 Å². The van der Waals surface area contributed by atoms with Gasteiger partial charge in [0.15, 0.2) is 0 Å². The maximum Gasteiger partial charge on any atom is 0.326 e. The number of carboxylic acid groups (broad SMARTS) is 1. The van der Waals surface area contributed by atoms with Crippen LogP contribution in [-0.4, -0.2) is 35.1 Å². The number of fused-ring (bicyclic) bond motifs is 1. The topological polar surface area (TPSA) is 91.4 Å². The van der Waals surface area contributed by atoms with Gasteiger partial charge in [-0.25, -0.2) is 4.79 Å². The fourth-order valence-corrected chi connectivity index (χ4v) is 2.34. The minimum atomic E-state index is -1.02. The summed E-state index contributed by atoms with van der Waals surface area (Å²) >= 11 is 0. The van der Waals surface area contributed by atoms with Crippen molar-refractivity contribution in [1.82, 2.24) is 10.3 Å². The molecule has 2 aromatic rings. The van der Waals surface area contributed by atoms with Gasteiger partial charge in [0.2, 0.25) is 5.91 Å². The van der Waals surface area contributed by atoms with Crippen LogP contribution in [0.5, 0.6) is 5.75 Å². The van der Waals surface area contributed by atoms with Gasteiger partial charge in [0.1, 0.15) is 11.8 Å². The zero-order valence-corrected chi connectivity index (χ0v) is 12.8. The molecule has 0 saturated heterocycles. The van der Waals surface area contributed by atoms with Gasteiger partial charge in [-0.2, -0.15) is 0 Å². The van der Waals surface area contributed by atoms with Crippen LogP contribution in [0.25, 0.3) is 10.9 Å². The smallest absolute Gasteiger partial charge is 0.326 e. The monoisotopic (exact) mass is 304 g/mol. The molecule has 0 radical (unpaired) electrons. The summed E-state index contributed by atoms with van der Waals surface area (Å²) in [6.45, 7) is 3.52. The highest BCUT2D eigenvalue weighted by Gasteiger charge is 2.23. The fourth-order valence-electron chi connectivity index (χ4n) is 2.34. The van der Waals surface area contributed by atoms with Crippen LogP contribution in [0.4, 0.5) is 0 Å². The van der Waals surface area contributed by atoms with Crippen molar-refractivity contribution in [2.45, 2.75) is 26.3 Å². The van der Waals surface area contributed by atoms with E-state index in [0.717, 1.165) is 16.5 Å². The number of benzene rings is 1. The van der Waals surface area contributed by atoms with Gasteiger partial charge < -0.3 is 20.1 Å². The second-order valence-electron chi connectivity index (χ2n) is 5.53. The number of methoxy groups -OCH3 is 1. The molecule has 6 nitrogen and oxygen atoms in total. The molecule has 6 heteroatoms. The standard InChI is InChI=1S/C16H20N2O4/c1-9(2)15(16(20)21)18-14(19)6-10-8-17-13-5-4-11(22-3)7-12(10)13/h4-5,7-9,15,17H,6H2,1-3H3,(H,18,19)(H,20,21)/t15-/m0/s1. The second kappa shape index (κ2) is 6.51. The first kappa shape index (κ1) is 15.9. The Hall–Kier alpha value is -2.50. The molecule has 0 saturated carbocycles. The number of hydrogen-bond acceptors (Lipinski definition) is 3. The summed E-state index contributed by atoms with van der Waals surface area (Å²) in [5.41, 5.74) is 1.71. The average Bonchev–Trinajstić information content (AvgIpc) is 2.86. The highest BCUT2D eigenvalue weighted by molar-refractivity contribution is 5.91. The summed E-state index contributed by atoms with van der Waals surface area (Å²) in [4.78, 5) is 26.3. The summed E-state index contributed by atoms with van der Waals surface area (Å²) < 4.78 is 5.19. The third-order valence-electron chi connectivity index (χ3n) is 3.57. The van der Waals surface area contributed by atoms with Gasteiger partial charge >= 0.3 is 5.97 Å². The number of amides is 1. The third kappa shape index (κ3) is 3.39. The SMILES string of the molecule is COc1ccc2[nH]cc(CC(=O)N[C@H](C(=O)O)C(C)C)c2c1. The summed E-state index contributed by atoms with van der Waals surface area (Å²) in [5.74, 6) is -0.808. The number of nitrogens with one attached hydrogen (secondary N) is 2. The van der Waals surface area contributed by atoms with Gasteiger partial charge in [0.25, 0.3) is 0 Å². The van der Waals surface area contributed by atoms with Crippen LogP contribution in [0.3, 0.4) is 0 Å². The van der Waals surface area contributed by atoms with Crippen molar-refractivity contribution < 1.29 is 19.4 Å². The molecule has 1 amide bonds. The van der Waals surface area contributed by atoms with Gasteiger partial charge in [-0.3, -0.25) is 4.79 Å². The van der Waals surface area contributed by atoms with Gasteiger partial charge in [0, 0.05) is 17.1 Å². The minimum absolute atomic E-state index is 0.115. The van der Waals surface area contributed by atoms with Crippen molar-refractivity contribution in [3.63, 3.8) is 0 Å². The first-order valence-electron chi connectivity index (χ1n) is 7.08. The molecular weight excluding hydrogens is 284 g/mol. The predicted octanol–water partition coefficient (Wildman–Crippen LogP) is 1.94. The molecule has 0 aliphatic carbocycles. The summed E-state index contributed by atoms with van der Waals surface area (Å²) in [5, 5.41) is 12.6. The average molecular weight is 304 g/mol. The van der Waals surface area contributed by atoms with E-state index in [9.17, 15) is 9.59 Å². The molecule has 22 heavy (non-hydrogen) atoms. The molecule has 2 rings (SSSR count). The minimum Gasteiger partial charge on any atom is -0.497 e. The van der Waals surface area contributed by atoms with E-state index < -0.39 is 12.0 Å². The van der Waals surface area contributed by atoms with E-state index in [0.29, 0.717) is 5.75 Å². The van der Waals surface area contributed by atoms with Crippen molar-refractivity contribution >= 4 is 22.8 Å². The maximum absolute atomic E-state index is 12.1. The molecular formula is C16H20N2O4. The van der Waals surface area contributed by atoms with Crippen LogP contribution in [0.1, 0.15) is 19.4 Å². The Morgan fingerprint density at radius 1 is 1.36 bits per heavy atom. The Kier molecular flexibility index (Phi) is 4.70. The highest BCUT2D eigenvalue weighted by atomic mass is 16.5. The van der Waals surface area contributed by atoms with Crippen LogP contribution in [0.2, 0.25) is 0 Å². The van der Waals surface area contributed by atoms with Crippen molar-refractivity contribution in [1.29, 1.82) is 0 Å². The number of carboxylic acids is 1. The Balaban J connectivity index is 2.16. The maximum atomic E-state index is 12.1. The molecule has 0 aliphatic rings. The summed E-state index contributed by atoms with van der Waals surface area (Å²) in [6, 6.07) is 4.68. The number of carbonyl (C=O) groups excluding carboxylic acids is 1. The van der Waals surface area contributed by atoms with E-state index in [2.05, 4.69) is 10.3 Å². The number of aliphatic carboxylic acids is 1. The number of carbonyl (C=O) groups is 2. The third-order valence-corrected chi connectivity index (χ3v) is 3.57. The van der Waals surface area contributed by atoms with E-state index in [1.165, 1.54) is 0 Å². The molecule has 0 bridgehead atoms. The summed E-state index contributed by atoms with van der Waals surface area (Å²) in [6.07, 6.45) is 1.87. The van der Waals surface area contributed by atoms with Crippen molar-refractivity contribution in [2.75, 3.05) is 7.11 Å². The second-order valence-corrected chi connectivity index (χ2v) is 5.53. The van der Waals surface area contributed by atoms with E-state index >= 15 is 0 Å². The zero-order valence-electron chi connectivity index (χ0n) is 12.8. The first-order valence-corrected chi connectivity index (χ1v) is 7.08. The van der Waals surface area contributed by atoms with Crippen molar-refractivity contribution in [3.05, 3.63) is 30.0 Å². The van der Waals surface area contributed by atoms with Crippen LogP contribution >= 0.6 is 0 Å². The Morgan fingerprint density at radius 2 is 2.09 bits per heavy atom. The van der Waals surface area contributed by atoms with Crippen LogP contribution in [-0.2, 0) is 16.0 Å². The molecule has 1 heterocycles. The van der Waals surface area contributed by atoms with Gasteiger partial charge in [-0.15, -0.1) is 0 Å². The largest absolute Gasteiger partial charge is 0.497 e. The Morgan fingerprint density at radius 3 is 2.68 bits per heavy atom. The Bertz CT molecular complexity index is 691. The molecule has 1 atom stereocenters. The quantitative estimate of drug-likeness (QED) is 0.760. The molecule has 1 aromatic heterocycles. The van der Waals surface area contributed by atoms with E-state index in [1.807, 2.05) is 18.2 Å². The van der Waals surface area contributed by atoms with E-state index in [4.69, 9.17) is 9.84 Å². The van der Waals surface area contributed by atoms with Gasteiger partial charge in [-0.1, -0.05) is 13.8 Å². The van der Waals surface area contributed by atoms with E-state index in [1.54, 1.807) is 27.2 Å². The molecule has 0 spiro atoms. The lowest BCUT2D eigenvalue weighted by atomic mass is 10.0. The van der Waals surface area contributed by atoms with Crippen LogP contribution < -0.4 is 10.1 Å². The molecule has 1 aromatic carbocycles. The number of ether oxygens (including phenoxy) is 1. The van der Waals surface area contributed by atoms with Gasteiger partial charge in [-0.05, 0) is 29.7 Å². The van der Waals surface area contributed by atoms with E-state index in [-0.39, 0.29) is 18.2 Å². The lowest BCUT2D eigenvalue weighted by Gasteiger charge is -2.17. The highest BCUT2D eigenvalue weighted by Crippen LogP contribution is 2.24. The molecule has 0 aliphatic heterocycles. The fraction of sp³-hybridized carbons (Fsp3) is 0.375. The normalized spacial score (nSPS) is 12.4. The number of H-pyrrole nitrogens is 1. The number of aromatic amines is 1. The molecule has 3 N–H and O–H groups in total. The molecule has 118 valence electrons. The van der Waals surface area contributed by atoms with Crippen LogP contribution in [0.15, 0.2) is 24.4 Å². The molecule has 0 unspecified atom stereocenters. The van der Waals surface area contributed by atoms with Gasteiger partial charge in [0.05, 0.1) is 13.5 Å². The van der Waals surface area contributed by atoms with Crippen molar-refractivity contribution in [3.8, 4) is 5.75 Å². The predicted molar refractivity (Wildman–Crippen MR) is 83.0 cm³/mol. The lowest BCUT2D eigenvalue weighted by molar-refractivity contribution is -0.143. The lowest BCUT2D eigenvalue weighted by Crippen LogP contribution is -2.44. The Labute approximate surface area is 128 Å². The molecule has 0 fully saturated rings. The van der Waals surface area contributed by atoms with Crippen molar-refractivity contribution in [2.24, 2.45) is 5.92 Å².